The molecule has 0 bridgehead atoms. The lowest BCUT2D eigenvalue weighted by Crippen LogP contribution is -2.55. The van der Waals surface area contributed by atoms with Crippen LogP contribution in [0.1, 0.15) is 46.5 Å². The molecular formula is C17H31N3O2S. The molecule has 0 aromatic carbocycles. The van der Waals surface area contributed by atoms with Crippen LogP contribution in [0.3, 0.4) is 0 Å². The number of rotatable bonds is 7. The molecule has 6 heteroatoms. The first kappa shape index (κ1) is 18.6. The molecule has 5 nitrogen and oxygen atoms in total. The van der Waals surface area contributed by atoms with Gasteiger partial charge in [0.05, 0.1) is 0 Å². The third-order valence-electron chi connectivity index (χ3n) is 5.12. The Balaban J connectivity index is 1.72. The highest BCUT2D eigenvalue weighted by Crippen LogP contribution is 2.25. The highest BCUT2D eigenvalue weighted by atomic mass is 32.2. The lowest BCUT2D eigenvalue weighted by atomic mass is 9.91. The number of hydrogen-bond acceptors (Lipinski definition) is 4. The minimum Gasteiger partial charge on any atom is -0.354 e. The van der Waals surface area contributed by atoms with Crippen LogP contribution in [0, 0.1) is 5.92 Å². The number of thioether (sulfide) groups is 1. The van der Waals surface area contributed by atoms with Gasteiger partial charge in [0, 0.05) is 43.9 Å². The Morgan fingerprint density at radius 2 is 2.17 bits per heavy atom. The van der Waals surface area contributed by atoms with Gasteiger partial charge in [0.2, 0.25) is 5.91 Å². The van der Waals surface area contributed by atoms with Gasteiger partial charge in [0.15, 0.2) is 0 Å². The summed E-state index contributed by atoms with van der Waals surface area (Å²) in [5.41, 5.74) is -0.0111. The summed E-state index contributed by atoms with van der Waals surface area (Å²) >= 11 is 1.34. The van der Waals surface area contributed by atoms with Crippen LogP contribution >= 0.6 is 11.8 Å². The molecule has 23 heavy (non-hydrogen) atoms. The molecule has 132 valence electrons. The maximum atomic E-state index is 12.1. The predicted octanol–water partition coefficient (Wildman–Crippen LogP) is 2.56. The van der Waals surface area contributed by atoms with Gasteiger partial charge in [-0.1, -0.05) is 25.1 Å². The van der Waals surface area contributed by atoms with E-state index in [1.165, 1.54) is 31.0 Å². The van der Waals surface area contributed by atoms with Gasteiger partial charge in [-0.05, 0) is 39.2 Å². The van der Waals surface area contributed by atoms with Crippen molar-refractivity contribution >= 4 is 22.9 Å². The van der Waals surface area contributed by atoms with Crippen molar-refractivity contribution in [2.75, 3.05) is 38.5 Å². The number of piperidine rings is 1. The van der Waals surface area contributed by atoms with Crippen molar-refractivity contribution in [2.24, 2.45) is 5.92 Å². The molecule has 2 amide bonds. The van der Waals surface area contributed by atoms with E-state index < -0.39 is 0 Å². The van der Waals surface area contributed by atoms with Gasteiger partial charge < -0.3 is 10.2 Å². The van der Waals surface area contributed by atoms with Gasteiger partial charge in [-0.2, -0.15) is 0 Å². The first-order chi connectivity index (χ1) is 10.9. The number of nitrogens with one attached hydrogen (secondary N) is 1. The number of carbonyl (C=O) groups is 2. The normalized spacial score (nSPS) is 23.3. The van der Waals surface area contributed by atoms with Gasteiger partial charge in [-0.15, -0.1) is 0 Å². The first-order valence-electron chi connectivity index (χ1n) is 8.86. The second kappa shape index (κ2) is 8.38. The van der Waals surface area contributed by atoms with Crippen molar-refractivity contribution in [2.45, 2.75) is 52.0 Å². The lowest BCUT2D eigenvalue weighted by Gasteiger charge is -2.43. The molecule has 2 heterocycles. The van der Waals surface area contributed by atoms with E-state index in [-0.39, 0.29) is 16.7 Å². The topological polar surface area (TPSA) is 52.7 Å². The summed E-state index contributed by atoms with van der Waals surface area (Å²) in [6.07, 6.45) is 4.22. The molecule has 0 radical (unpaired) electrons. The molecule has 1 N–H and O–H groups in total. The smallest absolute Gasteiger partial charge is 0.281 e. The van der Waals surface area contributed by atoms with Gasteiger partial charge >= 0.3 is 0 Å². The van der Waals surface area contributed by atoms with Crippen LogP contribution in [0.4, 0.5) is 4.79 Å². The summed E-state index contributed by atoms with van der Waals surface area (Å²) < 4.78 is 0. The molecular weight excluding hydrogens is 310 g/mol. The molecule has 0 aliphatic carbocycles. The molecule has 0 spiro atoms. The monoisotopic (exact) mass is 341 g/mol. The van der Waals surface area contributed by atoms with E-state index in [2.05, 4.69) is 31.0 Å². The summed E-state index contributed by atoms with van der Waals surface area (Å²) in [5, 5.41) is 3.17. The molecule has 2 aliphatic rings. The Morgan fingerprint density at radius 3 is 2.83 bits per heavy atom. The molecule has 2 fully saturated rings. The number of hydrogen-bond donors (Lipinski definition) is 1. The maximum Gasteiger partial charge on any atom is 0.281 e. The van der Waals surface area contributed by atoms with Crippen LogP contribution in [0.5, 0.6) is 0 Å². The highest BCUT2D eigenvalue weighted by Gasteiger charge is 2.31. The van der Waals surface area contributed by atoms with E-state index in [0.29, 0.717) is 19.5 Å². The fourth-order valence-corrected chi connectivity index (χ4v) is 4.18. The van der Waals surface area contributed by atoms with E-state index in [4.69, 9.17) is 0 Å². The highest BCUT2D eigenvalue weighted by molar-refractivity contribution is 8.13. The van der Waals surface area contributed by atoms with Crippen LogP contribution in [0.25, 0.3) is 0 Å². The minimum absolute atomic E-state index is 0.0111. The van der Waals surface area contributed by atoms with Crippen molar-refractivity contribution in [1.82, 2.24) is 15.1 Å². The van der Waals surface area contributed by atoms with Crippen LogP contribution in [-0.4, -0.2) is 65.0 Å². The molecule has 2 aliphatic heterocycles. The van der Waals surface area contributed by atoms with Crippen molar-refractivity contribution in [3.05, 3.63) is 0 Å². The van der Waals surface area contributed by atoms with Crippen molar-refractivity contribution in [3.63, 3.8) is 0 Å². The molecule has 1 unspecified atom stereocenters. The van der Waals surface area contributed by atoms with Gasteiger partial charge in [-0.25, -0.2) is 0 Å². The van der Waals surface area contributed by atoms with Crippen LogP contribution in [-0.2, 0) is 4.79 Å². The Bertz CT molecular complexity index is 428. The average Bonchev–Trinajstić information content (AvgIpc) is 2.96. The standard InChI is InChI=1S/C17H31N3O2S/c1-4-14-6-5-8-20(12-14)17(2,3)13-18-15(21)7-9-19-10-11-23-16(19)22/h14H,4-13H2,1-3H3,(H,18,21). The molecule has 2 saturated heterocycles. The summed E-state index contributed by atoms with van der Waals surface area (Å²) in [7, 11) is 0. The Kier molecular flexibility index (Phi) is 6.77. The summed E-state index contributed by atoms with van der Waals surface area (Å²) in [6, 6.07) is 0. The second-order valence-corrected chi connectivity index (χ2v) is 8.35. The van der Waals surface area contributed by atoms with E-state index in [1.807, 2.05) is 0 Å². The maximum absolute atomic E-state index is 12.1. The first-order valence-corrected chi connectivity index (χ1v) is 9.84. The fraction of sp³-hybridized carbons (Fsp3) is 0.882. The van der Waals surface area contributed by atoms with Crippen molar-refractivity contribution in [1.29, 1.82) is 0 Å². The van der Waals surface area contributed by atoms with Crippen molar-refractivity contribution in [3.8, 4) is 0 Å². The minimum atomic E-state index is -0.0111. The Morgan fingerprint density at radius 1 is 1.39 bits per heavy atom. The third kappa shape index (κ3) is 5.38. The van der Waals surface area contributed by atoms with E-state index >= 15 is 0 Å². The van der Waals surface area contributed by atoms with Crippen LogP contribution < -0.4 is 5.32 Å². The van der Waals surface area contributed by atoms with Crippen LogP contribution in [0.2, 0.25) is 0 Å². The number of likely N-dealkylation sites (tertiary alicyclic amines) is 1. The number of carbonyl (C=O) groups excluding carboxylic acids is 2. The van der Waals surface area contributed by atoms with Crippen LogP contribution in [0.15, 0.2) is 0 Å². The summed E-state index contributed by atoms with van der Waals surface area (Å²) in [4.78, 5) is 27.9. The zero-order valence-electron chi connectivity index (χ0n) is 14.8. The molecule has 1 atom stereocenters. The quantitative estimate of drug-likeness (QED) is 0.773. The lowest BCUT2D eigenvalue weighted by molar-refractivity contribution is -0.121. The molecule has 0 saturated carbocycles. The SMILES string of the molecule is CCC1CCCN(C(C)(C)CNC(=O)CCN2CCSC2=O)C1. The zero-order valence-corrected chi connectivity index (χ0v) is 15.6. The third-order valence-corrected chi connectivity index (χ3v) is 6.02. The average molecular weight is 342 g/mol. The number of amides is 2. The Hall–Kier alpha value is -0.750. The predicted molar refractivity (Wildman–Crippen MR) is 95.7 cm³/mol. The van der Waals surface area contributed by atoms with Gasteiger partial charge in [0.1, 0.15) is 0 Å². The number of nitrogens with zero attached hydrogens (tertiary/aromatic N) is 2. The van der Waals surface area contributed by atoms with E-state index in [9.17, 15) is 9.59 Å². The Labute approximate surface area is 144 Å². The molecule has 2 rings (SSSR count). The largest absolute Gasteiger partial charge is 0.354 e. The summed E-state index contributed by atoms with van der Waals surface area (Å²) in [5.74, 6) is 1.69. The fourth-order valence-electron chi connectivity index (χ4n) is 3.33. The van der Waals surface area contributed by atoms with Gasteiger partial charge in [0.25, 0.3) is 5.24 Å². The summed E-state index contributed by atoms with van der Waals surface area (Å²) in [6.45, 7) is 10.9. The molecule has 0 aromatic rings. The second-order valence-electron chi connectivity index (χ2n) is 7.30. The van der Waals surface area contributed by atoms with Crippen molar-refractivity contribution < 1.29 is 9.59 Å². The molecule has 0 aromatic heterocycles. The van der Waals surface area contributed by atoms with E-state index in [1.54, 1.807) is 4.90 Å². The van der Waals surface area contributed by atoms with Gasteiger partial charge in [-0.3, -0.25) is 14.5 Å². The van der Waals surface area contributed by atoms with E-state index in [0.717, 1.165) is 31.3 Å². The zero-order chi connectivity index (χ0) is 16.9.